The summed E-state index contributed by atoms with van der Waals surface area (Å²) in [7, 11) is 0. The number of benzene rings is 1. The number of hydrogen-bond donors (Lipinski definition) is 3. The minimum atomic E-state index is -1.14. The zero-order valence-corrected chi connectivity index (χ0v) is 9.93. The molecule has 1 rings (SSSR count). The van der Waals surface area contributed by atoms with Crippen molar-refractivity contribution in [2.75, 3.05) is 19.7 Å². The first-order valence-corrected chi connectivity index (χ1v) is 5.57. The molecule has 0 saturated carbocycles. The Balaban J connectivity index is 2.48. The van der Waals surface area contributed by atoms with E-state index in [0.29, 0.717) is 6.54 Å². The predicted molar refractivity (Wildman–Crippen MR) is 65.4 cm³/mol. The van der Waals surface area contributed by atoms with Crippen molar-refractivity contribution >= 4 is 0 Å². The fourth-order valence-electron chi connectivity index (χ4n) is 1.47. The molecule has 0 fully saturated rings. The third-order valence-electron chi connectivity index (χ3n) is 2.55. The number of hydrogen-bond acceptors (Lipinski definition) is 4. The lowest BCUT2D eigenvalue weighted by atomic mass is 10.0. The van der Waals surface area contributed by atoms with Gasteiger partial charge in [-0.15, -0.1) is 0 Å². The highest BCUT2D eigenvalue weighted by atomic mass is 16.3. The Bertz CT molecular complexity index is 371. The van der Waals surface area contributed by atoms with Crippen molar-refractivity contribution in [3.05, 3.63) is 35.9 Å². The molecule has 3 N–H and O–H groups in total. The van der Waals surface area contributed by atoms with Crippen LogP contribution in [0.2, 0.25) is 0 Å². The average molecular weight is 234 g/mol. The van der Waals surface area contributed by atoms with Gasteiger partial charge in [-0.25, -0.2) is 0 Å². The SMILES string of the molecule is CC(O)(CO)CNCC(C#N)c1ccccc1. The van der Waals surface area contributed by atoms with Crippen LogP contribution < -0.4 is 5.32 Å². The van der Waals surface area contributed by atoms with E-state index < -0.39 is 5.60 Å². The zero-order valence-electron chi connectivity index (χ0n) is 9.93. The summed E-state index contributed by atoms with van der Waals surface area (Å²) in [6.45, 7) is 1.96. The van der Waals surface area contributed by atoms with Crippen LogP contribution in [-0.2, 0) is 0 Å². The van der Waals surface area contributed by atoms with Gasteiger partial charge in [-0.1, -0.05) is 30.3 Å². The van der Waals surface area contributed by atoms with Crippen molar-refractivity contribution in [2.45, 2.75) is 18.4 Å². The highest BCUT2D eigenvalue weighted by Gasteiger charge is 2.19. The topological polar surface area (TPSA) is 76.3 Å². The Labute approximate surface area is 102 Å². The molecular weight excluding hydrogens is 216 g/mol. The molecule has 0 spiro atoms. The van der Waals surface area contributed by atoms with Crippen LogP contribution in [0.5, 0.6) is 0 Å². The average Bonchev–Trinajstić information content (AvgIpc) is 2.36. The van der Waals surface area contributed by atoms with E-state index in [9.17, 15) is 5.11 Å². The van der Waals surface area contributed by atoms with Crippen molar-refractivity contribution in [3.8, 4) is 6.07 Å². The normalized spacial score (nSPS) is 15.9. The van der Waals surface area contributed by atoms with Gasteiger partial charge >= 0.3 is 0 Å². The molecule has 0 aliphatic rings. The summed E-state index contributed by atoms with van der Waals surface area (Å²) < 4.78 is 0. The maximum absolute atomic E-state index is 9.58. The van der Waals surface area contributed by atoms with Crippen molar-refractivity contribution in [1.82, 2.24) is 5.32 Å². The lowest BCUT2D eigenvalue weighted by Crippen LogP contribution is -2.42. The molecule has 0 amide bonds. The van der Waals surface area contributed by atoms with E-state index in [2.05, 4.69) is 11.4 Å². The van der Waals surface area contributed by atoms with Crippen molar-refractivity contribution in [2.24, 2.45) is 0 Å². The lowest BCUT2D eigenvalue weighted by molar-refractivity contribution is 0.00285. The minimum Gasteiger partial charge on any atom is -0.393 e. The van der Waals surface area contributed by atoms with Gasteiger partial charge in [-0.05, 0) is 12.5 Å². The molecule has 2 atom stereocenters. The zero-order chi connectivity index (χ0) is 12.7. The van der Waals surface area contributed by atoms with E-state index in [1.54, 1.807) is 6.92 Å². The quantitative estimate of drug-likeness (QED) is 0.674. The molecule has 2 unspecified atom stereocenters. The highest BCUT2D eigenvalue weighted by molar-refractivity contribution is 5.25. The molecule has 1 aromatic rings. The first-order valence-electron chi connectivity index (χ1n) is 5.57. The maximum Gasteiger partial charge on any atom is 0.0972 e. The third kappa shape index (κ3) is 4.53. The Morgan fingerprint density at radius 1 is 1.41 bits per heavy atom. The molecule has 0 aromatic heterocycles. The lowest BCUT2D eigenvalue weighted by Gasteiger charge is -2.21. The van der Waals surface area contributed by atoms with E-state index in [1.165, 1.54) is 0 Å². The summed E-state index contributed by atoms with van der Waals surface area (Å²) >= 11 is 0. The van der Waals surface area contributed by atoms with Crippen LogP contribution in [-0.4, -0.2) is 35.5 Å². The molecular formula is C13H18N2O2. The summed E-state index contributed by atoms with van der Waals surface area (Å²) in [6.07, 6.45) is 0. The molecule has 0 bridgehead atoms. The number of aliphatic hydroxyl groups excluding tert-OH is 1. The van der Waals surface area contributed by atoms with Gasteiger partial charge in [-0.3, -0.25) is 0 Å². The molecule has 1 aromatic carbocycles. The second-order valence-corrected chi connectivity index (χ2v) is 4.38. The second-order valence-electron chi connectivity index (χ2n) is 4.38. The van der Waals surface area contributed by atoms with Crippen LogP contribution >= 0.6 is 0 Å². The predicted octanol–water partition coefficient (Wildman–Crippen LogP) is 0.627. The first kappa shape index (κ1) is 13.7. The molecule has 4 nitrogen and oxygen atoms in total. The highest BCUT2D eigenvalue weighted by Crippen LogP contribution is 2.13. The summed E-state index contributed by atoms with van der Waals surface area (Å²) in [6, 6.07) is 11.7. The summed E-state index contributed by atoms with van der Waals surface area (Å²) in [5, 5.41) is 30.5. The monoisotopic (exact) mass is 234 g/mol. The fraction of sp³-hybridized carbons (Fsp3) is 0.462. The largest absolute Gasteiger partial charge is 0.393 e. The minimum absolute atomic E-state index is 0.245. The number of aliphatic hydroxyl groups is 2. The standard InChI is InChI=1S/C13H18N2O2/c1-13(17,10-16)9-15-8-12(7-14)11-5-3-2-4-6-11/h2-6,12,15-17H,8-10H2,1H3. The van der Waals surface area contributed by atoms with Gasteiger partial charge in [0.05, 0.1) is 24.2 Å². The Hall–Kier alpha value is -1.41. The third-order valence-corrected chi connectivity index (χ3v) is 2.55. The number of nitrogens with zero attached hydrogens (tertiary/aromatic N) is 1. The van der Waals surface area contributed by atoms with Gasteiger partial charge in [-0.2, -0.15) is 5.26 Å². The Morgan fingerprint density at radius 3 is 2.59 bits per heavy atom. The Morgan fingerprint density at radius 2 is 2.06 bits per heavy atom. The van der Waals surface area contributed by atoms with Crippen LogP contribution in [0.1, 0.15) is 18.4 Å². The van der Waals surface area contributed by atoms with E-state index in [4.69, 9.17) is 10.4 Å². The molecule has 4 heteroatoms. The summed E-state index contributed by atoms with van der Waals surface area (Å²) in [5.74, 6) is -0.245. The van der Waals surface area contributed by atoms with Gasteiger partial charge in [0.1, 0.15) is 0 Å². The number of rotatable bonds is 6. The van der Waals surface area contributed by atoms with Gasteiger partial charge in [0.2, 0.25) is 0 Å². The first-order chi connectivity index (χ1) is 8.09. The molecule has 0 saturated heterocycles. The van der Waals surface area contributed by atoms with E-state index in [-0.39, 0.29) is 19.1 Å². The van der Waals surface area contributed by atoms with Gasteiger partial charge < -0.3 is 15.5 Å². The number of nitrogens with one attached hydrogen (secondary N) is 1. The van der Waals surface area contributed by atoms with Crippen LogP contribution in [0.3, 0.4) is 0 Å². The summed E-state index contributed by atoms with van der Waals surface area (Å²) in [5.41, 5.74) is -0.192. The fourth-order valence-corrected chi connectivity index (χ4v) is 1.47. The van der Waals surface area contributed by atoms with E-state index in [0.717, 1.165) is 5.56 Å². The molecule has 0 aliphatic carbocycles. The van der Waals surface area contributed by atoms with Crippen LogP contribution in [0.25, 0.3) is 0 Å². The van der Waals surface area contributed by atoms with Crippen molar-refractivity contribution in [1.29, 1.82) is 5.26 Å². The molecule has 0 aliphatic heterocycles. The second kappa shape index (κ2) is 6.36. The van der Waals surface area contributed by atoms with Crippen LogP contribution in [0.4, 0.5) is 0 Å². The summed E-state index contributed by atoms with van der Waals surface area (Å²) in [4.78, 5) is 0. The maximum atomic E-state index is 9.58. The van der Waals surface area contributed by atoms with E-state index in [1.807, 2.05) is 30.3 Å². The van der Waals surface area contributed by atoms with Crippen molar-refractivity contribution in [3.63, 3.8) is 0 Å². The molecule has 0 radical (unpaired) electrons. The van der Waals surface area contributed by atoms with Crippen LogP contribution in [0.15, 0.2) is 30.3 Å². The van der Waals surface area contributed by atoms with Gasteiger partial charge in [0.15, 0.2) is 0 Å². The number of nitriles is 1. The Kier molecular flexibility index (Phi) is 5.11. The van der Waals surface area contributed by atoms with Gasteiger partial charge in [0, 0.05) is 13.1 Å². The smallest absolute Gasteiger partial charge is 0.0972 e. The van der Waals surface area contributed by atoms with E-state index >= 15 is 0 Å². The molecule has 92 valence electrons. The molecule has 0 heterocycles. The van der Waals surface area contributed by atoms with Crippen LogP contribution in [0, 0.1) is 11.3 Å². The molecule has 17 heavy (non-hydrogen) atoms. The van der Waals surface area contributed by atoms with Gasteiger partial charge in [0.25, 0.3) is 0 Å². The van der Waals surface area contributed by atoms with Crippen molar-refractivity contribution < 1.29 is 10.2 Å².